The fourth-order valence-corrected chi connectivity index (χ4v) is 5.02. The molecule has 3 rings (SSSR count). The van der Waals surface area contributed by atoms with Crippen LogP contribution in [0.15, 0.2) is 64.6 Å². The Bertz CT molecular complexity index is 976. The molecule has 166 valence electrons. The van der Waals surface area contributed by atoms with E-state index < -0.39 is 15.9 Å². The molecule has 1 saturated carbocycles. The van der Waals surface area contributed by atoms with Gasteiger partial charge in [0.1, 0.15) is 0 Å². The Labute approximate surface area is 185 Å². The number of hydrogen-bond acceptors (Lipinski definition) is 4. The fraction of sp³-hybridized carbons (Fsp3) is 0.417. The summed E-state index contributed by atoms with van der Waals surface area (Å²) in [7, 11) is -3.84. The van der Waals surface area contributed by atoms with E-state index in [2.05, 4.69) is 10.5 Å². The molecule has 7 heteroatoms. The number of rotatable bonds is 7. The molecule has 0 aliphatic heterocycles. The predicted molar refractivity (Wildman–Crippen MR) is 123 cm³/mol. The Hall–Kier alpha value is -2.51. The largest absolute Gasteiger partial charge is 0.272 e. The number of carbonyl (C=O) groups excluding carboxylic acids is 1. The minimum Gasteiger partial charge on any atom is -0.272 e. The second kappa shape index (κ2) is 11.2. The summed E-state index contributed by atoms with van der Waals surface area (Å²) in [6.07, 6.45) is 7.56. The zero-order valence-electron chi connectivity index (χ0n) is 18.1. The van der Waals surface area contributed by atoms with E-state index in [0.717, 1.165) is 42.5 Å². The first-order valence-corrected chi connectivity index (χ1v) is 12.3. The van der Waals surface area contributed by atoms with Gasteiger partial charge in [-0.2, -0.15) is 9.41 Å². The summed E-state index contributed by atoms with van der Waals surface area (Å²) in [6.45, 7) is 1.73. The lowest BCUT2D eigenvalue weighted by Crippen LogP contribution is -2.39. The molecule has 0 bridgehead atoms. The summed E-state index contributed by atoms with van der Waals surface area (Å²) in [5.41, 5.74) is 5.37. The van der Waals surface area contributed by atoms with Crippen molar-refractivity contribution in [3.8, 4) is 0 Å². The van der Waals surface area contributed by atoms with Crippen LogP contribution in [0.1, 0.15) is 56.1 Å². The summed E-state index contributed by atoms with van der Waals surface area (Å²) < 4.78 is 27.8. The van der Waals surface area contributed by atoms with Gasteiger partial charge in [0.05, 0.1) is 11.4 Å². The number of nitrogens with zero attached hydrogens (tertiary/aromatic N) is 2. The van der Waals surface area contributed by atoms with Gasteiger partial charge in [-0.25, -0.2) is 13.8 Å². The van der Waals surface area contributed by atoms with Crippen LogP contribution in [-0.4, -0.2) is 30.9 Å². The zero-order chi connectivity index (χ0) is 22.1. The van der Waals surface area contributed by atoms with E-state index in [9.17, 15) is 13.2 Å². The lowest BCUT2D eigenvalue weighted by atomic mass is 9.99. The van der Waals surface area contributed by atoms with Crippen LogP contribution in [-0.2, 0) is 21.4 Å². The van der Waals surface area contributed by atoms with Crippen molar-refractivity contribution >= 4 is 21.6 Å². The standard InChI is InChI=1S/C24H31N3O3S/c1-20-14-16-23(17-15-20)31(29,30)27(18-21-10-6-5-7-11-21)19-24(28)26-25-22-12-8-3-2-4-9-13-22/h5-7,10-11,14-17H,2-4,8-9,12-13,18-19H2,1H3,(H,26,28). The number of carbonyl (C=O) groups is 1. The van der Waals surface area contributed by atoms with Gasteiger partial charge in [-0.05, 0) is 50.3 Å². The van der Waals surface area contributed by atoms with Gasteiger partial charge in [-0.15, -0.1) is 0 Å². The van der Waals surface area contributed by atoms with E-state index >= 15 is 0 Å². The molecule has 0 saturated heterocycles. The van der Waals surface area contributed by atoms with Crippen LogP contribution >= 0.6 is 0 Å². The maximum absolute atomic E-state index is 13.3. The Balaban J connectivity index is 1.75. The normalized spacial score (nSPS) is 15.2. The van der Waals surface area contributed by atoms with Gasteiger partial charge in [0.2, 0.25) is 10.0 Å². The molecule has 1 amide bonds. The lowest BCUT2D eigenvalue weighted by molar-refractivity contribution is -0.121. The summed E-state index contributed by atoms with van der Waals surface area (Å²) in [5, 5.41) is 4.31. The first-order valence-electron chi connectivity index (χ1n) is 10.9. The van der Waals surface area contributed by atoms with Crippen LogP contribution in [0.3, 0.4) is 0 Å². The van der Waals surface area contributed by atoms with E-state index in [4.69, 9.17) is 0 Å². The average molecular weight is 442 g/mol. The molecular formula is C24H31N3O3S. The van der Waals surface area contributed by atoms with Crippen molar-refractivity contribution in [3.05, 3.63) is 65.7 Å². The average Bonchev–Trinajstić information content (AvgIpc) is 2.73. The minimum atomic E-state index is -3.84. The van der Waals surface area contributed by atoms with Crippen molar-refractivity contribution < 1.29 is 13.2 Å². The highest BCUT2D eigenvalue weighted by atomic mass is 32.2. The second-order valence-electron chi connectivity index (χ2n) is 8.05. The summed E-state index contributed by atoms with van der Waals surface area (Å²) >= 11 is 0. The van der Waals surface area contributed by atoms with Crippen LogP contribution in [0.4, 0.5) is 0 Å². The van der Waals surface area contributed by atoms with Gasteiger partial charge >= 0.3 is 0 Å². The highest BCUT2D eigenvalue weighted by Gasteiger charge is 2.27. The molecule has 31 heavy (non-hydrogen) atoms. The highest BCUT2D eigenvalue weighted by Crippen LogP contribution is 2.19. The quantitative estimate of drug-likeness (QED) is 0.647. The van der Waals surface area contributed by atoms with Crippen LogP contribution in [0.5, 0.6) is 0 Å². The molecule has 6 nitrogen and oxygen atoms in total. The molecule has 0 radical (unpaired) electrons. The molecule has 0 unspecified atom stereocenters. The summed E-state index contributed by atoms with van der Waals surface area (Å²) in [6, 6.07) is 16.0. The maximum atomic E-state index is 13.3. The first-order chi connectivity index (χ1) is 14.9. The number of aryl methyl sites for hydroxylation is 1. The maximum Gasteiger partial charge on any atom is 0.255 e. The van der Waals surface area contributed by atoms with Gasteiger partial charge in [0.25, 0.3) is 5.91 Å². The van der Waals surface area contributed by atoms with E-state index in [1.54, 1.807) is 24.3 Å². The van der Waals surface area contributed by atoms with E-state index in [0.29, 0.717) is 0 Å². The topological polar surface area (TPSA) is 78.8 Å². The molecule has 1 aliphatic rings. The first kappa shape index (κ1) is 23.2. The smallest absolute Gasteiger partial charge is 0.255 e. The van der Waals surface area contributed by atoms with Crippen molar-refractivity contribution in [2.45, 2.75) is 63.3 Å². The highest BCUT2D eigenvalue weighted by molar-refractivity contribution is 7.89. The number of sulfonamides is 1. The van der Waals surface area contributed by atoms with Crippen LogP contribution in [0.25, 0.3) is 0 Å². The molecular weight excluding hydrogens is 410 g/mol. The molecule has 1 aliphatic carbocycles. The predicted octanol–water partition coefficient (Wildman–Crippen LogP) is 4.40. The van der Waals surface area contributed by atoms with Crippen molar-refractivity contribution in [1.29, 1.82) is 0 Å². The Morgan fingerprint density at radius 3 is 2.19 bits per heavy atom. The van der Waals surface area contributed by atoms with E-state index in [1.165, 1.54) is 23.6 Å². The Morgan fingerprint density at radius 2 is 1.55 bits per heavy atom. The minimum absolute atomic E-state index is 0.112. The molecule has 1 N–H and O–H groups in total. The number of amides is 1. The van der Waals surface area contributed by atoms with Crippen LogP contribution in [0.2, 0.25) is 0 Å². The number of benzene rings is 2. The third-order valence-corrected chi connectivity index (χ3v) is 7.26. The van der Waals surface area contributed by atoms with Crippen molar-refractivity contribution in [1.82, 2.24) is 9.73 Å². The summed E-state index contributed by atoms with van der Waals surface area (Å²) in [4.78, 5) is 12.8. The van der Waals surface area contributed by atoms with Crippen LogP contribution < -0.4 is 5.43 Å². The van der Waals surface area contributed by atoms with E-state index in [1.807, 2.05) is 37.3 Å². The zero-order valence-corrected chi connectivity index (χ0v) is 18.9. The van der Waals surface area contributed by atoms with Crippen molar-refractivity contribution in [2.75, 3.05) is 6.54 Å². The van der Waals surface area contributed by atoms with Crippen LogP contribution in [0, 0.1) is 6.92 Å². The van der Waals surface area contributed by atoms with Crippen molar-refractivity contribution in [3.63, 3.8) is 0 Å². The number of nitrogens with one attached hydrogen (secondary N) is 1. The Morgan fingerprint density at radius 1 is 0.935 bits per heavy atom. The van der Waals surface area contributed by atoms with Gasteiger partial charge in [-0.3, -0.25) is 4.79 Å². The third-order valence-electron chi connectivity index (χ3n) is 5.45. The van der Waals surface area contributed by atoms with Gasteiger partial charge in [-0.1, -0.05) is 67.3 Å². The molecule has 2 aromatic rings. The molecule has 0 atom stereocenters. The molecule has 2 aromatic carbocycles. The molecule has 0 aromatic heterocycles. The second-order valence-corrected chi connectivity index (χ2v) is 9.99. The van der Waals surface area contributed by atoms with Gasteiger partial charge in [0, 0.05) is 12.3 Å². The monoisotopic (exact) mass is 441 g/mol. The third kappa shape index (κ3) is 7.01. The SMILES string of the molecule is Cc1ccc(S(=O)(=O)N(CC(=O)NN=C2CCCCCCC2)Cc2ccccc2)cc1. The lowest BCUT2D eigenvalue weighted by Gasteiger charge is -2.22. The number of hydrogen-bond donors (Lipinski definition) is 1. The van der Waals surface area contributed by atoms with E-state index in [-0.39, 0.29) is 18.0 Å². The van der Waals surface area contributed by atoms with Gasteiger partial charge in [0.15, 0.2) is 0 Å². The fourth-order valence-electron chi connectivity index (χ4n) is 3.63. The molecule has 0 spiro atoms. The number of hydrazone groups is 1. The summed E-state index contributed by atoms with van der Waals surface area (Å²) in [5.74, 6) is -0.429. The Kier molecular flexibility index (Phi) is 8.37. The van der Waals surface area contributed by atoms with Crippen molar-refractivity contribution in [2.24, 2.45) is 5.10 Å². The van der Waals surface area contributed by atoms with Gasteiger partial charge < -0.3 is 0 Å². The molecule has 0 heterocycles. The molecule has 1 fully saturated rings.